The molecule has 26 heavy (non-hydrogen) atoms. The van der Waals surface area contributed by atoms with Crippen molar-refractivity contribution in [2.75, 3.05) is 0 Å². The smallest absolute Gasteiger partial charge is 0.0160 e. The summed E-state index contributed by atoms with van der Waals surface area (Å²) in [5.41, 5.74) is 8.47. The van der Waals surface area contributed by atoms with Gasteiger partial charge in [-0.25, -0.2) is 0 Å². The minimum absolute atomic E-state index is 0. The Kier molecular flexibility index (Phi) is 6.92. The van der Waals surface area contributed by atoms with E-state index in [4.69, 9.17) is 0 Å². The minimum atomic E-state index is 0. The molecule has 0 saturated carbocycles. The van der Waals surface area contributed by atoms with E-state index in [2.05, 4.69) is 76.0 Å². The summed E-state index contributed by atoms with van der Waals surface area (Å²) in [7, 11) is 0. The molecule has 0 unspecified atom stereocenters. The predicted molar refractivity (Wildman–Crippen MR) is 107 cm³/mol. The zero-order valence-electron chi connectivity index (χ0n) is 16.1. The van der Waals surface area contributed by atoms with Crippen LogP contribution in [0.25, 0.3) is 22.4 Å². The summed E-state index contributed by atoms with van der Waals surface area (Å²) in [5.74, 6) is 1.04. The van der Waals surface area contributed by atoms with Gasteiger partial charge in [0.05, 0.1) is 0 Å². The van der Waals surface area contributed by atoms with Gasteiger partial charge in [-0.15, -0.1) is 34.9 Å². The van der Waals surface area contributed by atoms with E-state index < -0.39 is 0 Å². The zero-order valence-corrected chi connectivity index (χ0v) is 18.5. The fraction of sp³-hybridized carbons (Fsp3) is 0.292. The summed E-state index contributed by atoms with van der Waals surface area (Å²) in [5, 5.41) is 0. The van der Waals surface area contributed by atoms with Crippen molar-refractivity contribution in [3.05, 3.63) is 77.5 Å². The van der Waals surface area contributed by atoms with E-state index in [1.165, 1.54) is 22.3 Å². The second-order valence-corrected chi connectivity index (χ2v) is 7.38. The summed E-state index contributed by atoms with van der Waals surface area (Å²) >= 11 is 0. The first-order chi connectivity index (χ1) is 11.9. The van der Waals surface area contributed by atoms with Gasteiger partial charge in [0, 0.05) is 26.3 Å². The molecule has 0 N–H and O–H groups in total. The van der Waals surface area contributed by atoms with Gasteiger partial charge >= 0.3 is 0 Å². The molecule has 2 heteroatoms. The molecule has 3 aromatic rings. The summed E-state index contributed by atoms with van der Waals surface area (Å²) in [6.07, 6.45) is 1.83. The van der Waals surface area contributed by atoms with E-state index in [0.717, 1.165) is 16.8 Å². The molecule has 0 bridgehead atoms. The largest absolute Gasteiger partial charge is 0.305 e. The van der Waals surface area contributed by atoms with Crippen LogP contribution < -0.4 is 0 Å². The topological polar surface area (TPSA) is 12.9 Å². The molecule has 0 saturated heterocycles. The number of nitrogens with zero attached hydrogens (tertiary/aromatic N) is 1. The maximum absolute atomic E-state index is 4.49. The number of aromatic nitrogens is 1. The molecule has 1 aromatic heterocycles. The Balaban J connectivity index is 0.00000243. The normalized spacial score (nSPS) is 10.9. The van der Waals surface area contributed by atoms with Gasteiger partial charge in [0.1, 0.15) is 0 Å². The third-order valence-corrected chi connectivity index (χ3v) is 4.59. The average molecular weight is 521 g/mol. The molecule has 0 atom stereocenters. The van der Waals surface area contributed by atoms with Crippen LogP contribution in [0.2, 0.25) is 0 Å². The molecule has 3 rings (SSSR count). The van der Waals surface area contributed by atoms with Gasteiger partial charge in [-0.2, -0.15) is 0 Å². The van der Waals surface area contributed by atoms with Crippen LogP contribution in [0.1, 0.15) is 56.2 Å². The Labute approximate surface area is 171 Å². The van der Waals surface area contributed by atoms with E-state index in [1.807, 2.05) is 24.4 Å². The molecule has 1 nitrogen and oxygen atoms in total. The fourth-order valence-electron chi connectivity index (χ4n) is 3.05. The molecular formula is C24H26IrN-. The third kappa shape index (κ3) is 4.69. The van der Waals surface area contributed by atoms with E-state index in [0.29, 0.717) is 11.8 Å². The van der Waals surface area contributed by atoms with Gasteiger partial charge in [0.2, 0.25) is 0 Å². The number of aryl methyl sites for hydroxylation is 1. The van der Waals surface area contributed by atoms with Gasteiger partial charge < -0.3 is 4.98 Å². The van der Waals surface area contributed by atoms with Crippen LogP contribution in [0.5, 0.6) is 0 Å². The Morgan fingerprint density at radius 3 is 1.96 bits per heavy atom. The Morgan fingerprint density at radius 2 is 1.42 bits per heavy atom. The molecule has 1 heterocycles. The summed E-state index contributed by atoms with van der Waals surface area (Å²) < 4.78 is 0. The van der Waals surface area contributed by atoms with Gasteiger partial charge in [0.25, 0.3) is 0 Å². The van der Waals surface area contributed by atoms with Crippen LogP contribution in [-0.2, 0) is 20.1 Å². The van der Waals surface area contributed by atoms with E-state index >= 15 is 0 Å². The van der Waals surface area contributed by atoms with Crippen molar-refractivity contribution in [2.24, 2.45) is 0 Å². The van der Waals surface area contributed by atoms with Crippen LogP contribution in [-0.4, -0.2) is 4.98 Å². The first-order valence-electron chi connectivity index (χ1n) is 9.04. The van der Waals surface area contributed by atoms with Crippen molar-refractivity contribution in [3.8, 4) is 22.4 Å². The Hall–Kier alpha value is -1.76. The molecule has 0 amide bonds. The third-order valence-electron chi connectivity index (χ3n) is 4.59. The standard InChI is InChI=1S/C24H26N.Ir/c1-16(2)19-12-20(17(3)4)14-22(13-19)21-10-18(5)11-23(15-21)24-8-6-7-9-25-24;/h6-10,12-17H,1-5H3;/q-1;. The first-order valence-corrected chi connectivity index (χ1v) is 9.04. The van der Waals surface area contributed by atoms with Crippen LogP contribution in [0.4, 0.5) is 0 Å². The van der Waals surface area contributed by atoms with Crippen LogP contribution in [0.3, 0.4) is 0 Å². The van der Waals surface area contributed by atoms with E-state index in [1.54, 1.807) is 0 Å². The van der Waals surface area contributed by atoms with Gasteiger partial charge in [-0.05, 0) is 40.3 Å². The minimum Gasteiger partial charge on any atom is -0.305 e. The SMILES string of the molecule is Cc1[c-]c(-c2ccccn2)cc(-c2cc(C(C)C)cc(C(C)C)c2)c1.[Ir]. The predicted octanol–water partition coefficient (Wildman–Crippen LogP) is 6.77. The molecule has 0 aliphatic rings. The quantitative estimate of drug-likeness (QED) is 0.346. The van der Waals surface area contributed by atoms with Gasteiger partial charge in [-0.1, -0.05) is 65.0 Å². The number of hydrogen-bond acceptors (Lipinski definition) is 1. The summed E-state index contributed by atoms with van der Waals surface area (Å²) in [6.45, 7) is 11.1. The summed E-state index contributed by atoms with van der Waals surface area (Å²) in [4.78, 5) is 4.49. The van der Waals surface area contributed by atoms with E-state index in [9.17, 15) is 0 Å². The van der Waals surface area contributed by atoms with Crippen molar-refractivity contribution in [1.29, 1.82) is 0 Å². The van der Waals surface area contributed by atoms with Crippen molar-refractivity contribution in [1.82, 2.24) is 4.98 Å². The van der Waals surface area contributed by atoms with Crippen LogP contribution in [0.15, 0.2) is 54.7 Å². The van der Waals surface area contributed by atoms with Crippen molar-refractivity contribution >= 4 is 0 Å². The van der Waals surface area contributed by atoms with Crippen molar-refractivity contribution < 1.29 is 20.1 Å². The van der Waals surface area contributed by atoms with Gasteiger partial charge in [-0.3, -0.25) is 0 Å². The molecule has 0 fully saturated rings. The maximum Gasteiger partial charge on any atom is 0.0160 e. The molecule has 0 aliphatic carbocycles. The Morgan fingerprint density at radius 1 is 0.808 bits per heavy atom. The molecule has 0 spiro atoms. The monoisotopic (exact) mass is 521 g/mol. The molecule has 2 aromatic carbocycles. The maximum atomic E-state index is 4.49. The zero-order chi connectivity index (χ0) is 18.0. The summed E-state index contributed by atoms with van der Waals surface area (Å²) in [6, 6.07) is 20.9. The number of rotatable bonds is 4. The molecule has 0 aliphatic heterocycles. The molecule has 137 valence electrons. The first kappa shape index (κ1) is 20.6. The Bertz CT molecular complexity index is 840. The second kappa shape index (κ2) is 8.75. The molecule has 1 radical (unpaired) electrons. The van der Waals surface area contributed by atoms with Crippen molar-refractivity contribution in [3.63, 3.8) is 0 Å². The van der Waals surface area contributed by atoms with Crippen molar-refractivity contribution in [2.45, 2.75) is 46.5 Å². The second-order valence-electron chi connectivity index (χ2n) is 7.38. The fourth-order valence-corrected chi connectivity index (χ4v) is 3.05. The average Bonchev–Trinajstić information content (AvgIpc) is 2.61. The number of pyridine rings is 1. The molecular weight excluding hydrogens is 494 g/mol. The number of benzene rings is 2. The van der Waals surface area contributed by atoms with E-state index in [-0.39, 0.29) is 20.1 Å². The van der Waals surface area contributed by atoms with Crippen LogP contribution >= 0.6 is 0 Å². The van der Waals surface area contributed by atoms with Gasteiger partial charge in [0.15, 0.2) is 0 Å². The van der Waals surface area contributed by atoms with Crippen LogP contribution in [0, 0.1) is 13.0 Å². The number of hydrogen-bond donors (Lipinski definition) is 0.